The highest BCUT2D eigenvalue weighted by atomic mass is 16.5. The zero-order chi connectivity index (χ0) is 19.1. The van der Waals surface area contributed by atoms with Crippen LogP contribution < -0.4 is 0 Å². The molecule has 0 spiro atoms. The molecule has 0 unspecified atom stereocenters. The Morgan fingerprint density at radius 1 is 1.11 bits per heavy atom. The summed E-state index contributed by atoms with van der Waals surface area (Å²) in [5.41, 5.74) is 1.69. The van der Waals surface area contributed by atoms with Crippen molar-refractivity contribution in [3.63, 3.8) is 0 Å². The minimum absolute atomic E-state index is 0.00473. The Morgan fingerprint density at radius 3 is 2.48 bits per heavy atom. The molecule has 0 saturated heterocycles. The van der Waals surface area contributed by atoms with Gasteiger partial charge in [0, 0.05) is 25.2 Å². The molecule has 1 heterocycles. The molecule has 1 aromatic heterocycles. The van der Waals surface area contributed by atoms with Crippen molar-refractivity contribution in [3.8, 4) is 0 Å². The molecule has 1 aliphatic carbocycles. The number of benzene rings is 1. The highest BCUT2D eigenvalue weighted by Crippen LogP contribution is 2.23. The average Bonchev–Trinajstić information content (AvgIpc) is 2.96. The quantitative estimate of drug-likeness (QED) is 0.675. The van der Waals surface area contributed by atoms with Gasteiger partial charge in [-0.25, -0.2) is 0 Å². The van der Waals surface area contributed by atoms with Gasteiger partial charge in [-0.2, -0.15) is 0 Å². The van der Waals surface area contributed by atoms with E-state index in [-0.39, 0.29) is 5.91 Å². The third-order valence-electron chi connectivity index (χ3n) is 5.37. The Hall–Kier alpha value is -2.14. The van der Waals surface area contributed by atoms with Gasteiger partial charge in [-0.3, -0.25) is 9.69 Å². The topological polar surface area (TPSA) is 49.6 Å². The zero-order valence-corrected chi connectivity index (χ0v) is 16.6. The molecule has 1 saturated carbocycles. The maximum Gasteiger partial charge on any atom is 0.276 e. The van der Waals surface area contributed by atoms with Gasteiger partial charge in [-0.05, 0) is 32.4 Å². The minimum Gasteiger partial charge on any atom is -0.359 e. The van der Waals surface area contributed by atoms with Crippen LogP contribution in [0.4, 0.5) is 0 Å². The summed E-state index contributed by atoms with van der Waals surface area (Å²) in [4.78, 5) is 17.1. The van der Waals surface area contributed by atoms with Crippen LogP contribution in [0.25, 0.3) is 0 Å². The van der Waals surface area contributed by atoms with Gasteiger partial charge in [-0.1, -0.05) is 61.2 Å². The number of hydrogen-bond acceptors (Lipinski definition) is 4. The lowest BCUT2D eigenvalue weighted by Crippen LogP contribution is -2.40. The van der Waals surface area contributed by atoms with Crippen molar-refractivity contribution in [1.29, 1.82) is 0 Å². The standard InChI is InChI=1S/C22H31N3O2/c1-3-25(19-13-9-4-5-10-14-19)22(26)21-15-20(27-23-21)17-24(2)16-18-11-7-6-8-12-18/h6-8,11-12,15,19H,3-5,9-10,13-14,16-17H2,1-2H3. The lowest BCUT2D eigenvalue weighted by atomic mass is 10.1. The maximum absolute atomic E-state index is 13.0. The summed E-state index contributed by atoms with van der Waals surface area (Å²) < 4.78 is 5.46. The van der Waals surface area contributed by atoms with E-state index >= 15 is 0 Å². The van der Waals surface area contributed by atoms with Crippen molar-refractivity contribution < 1.29 is 9.32 Å². The van der Waals surface area contributed by atoms with Gasteiger partial charge >= 0.3 is 0 Å². The van der Waals surface area contributed by atoms with E-state index < -0.39 is 0 Å². The van der Waals surface area contributed by atoms with Crippen LogP contribution in [0.15, 0.2) is 40.9 Å². The molecule has 3 rings (SSSR count). The van der Waals surface area contributed by atoms with Crippen LogP contribution >= 0.6 is 0 Å². The first-order valence-electron chi connectivity index (χ1n) is 10.2. The second-order valence-corrected chi connectivity index (χ2v) is 7.57. The van der Waals surface area contributed by atoms with E-state index in [1.54, 1.807) is 0 Å². The number of aromatic nitrogens is 1. The second-order valence-electron chi connectivity index (χ2n) is 7.57. The SMILES string of the molecule is CCN(C(=O)c1cc(CN(C)Cc2ccccc2)on1)C1CCCCCC1. The highest BCUT2D eigenvalue weighted by molar-refractivity contribution is 5.92. The molecule has 1 fully saturated rings. The first kappa shape index (κ1) is 19.6. The fraction of sp³-hybridized carbons (Fsp3) is 0.545. The normalized spacial score (nSPS) is 15.7. The summed E-state index contributed by atoms with van der Waals surface area (Å²) >= 11 is 0. The Kier molecular flexibility index (Phi) is 7.04. The predicted octanol–water partition coefficient (Wildman–Crippen LogP) is 4.49. The van der Waals surface area contributed by atoms with Gasteiger partial charge in [-0.15, -0.1) is 0 Å². The molecule has 0 aliphatic heterocycles. The van der Waals surface area contributed by atoms with Gasteiger partial charge in [0.15, 0.2) is 11.5 Å². The van der Waals surface area contributed by atoms with E-state index in [0.717, 1.165) is 31.7 Å². The van der Waals surface area contributed by atoms with Crippen LogP contribution in [0.1, 0.15) is 67.3 Å². The molecule has 5 heteroatoms. The molecule has 27 heavy (non-hydrogen) atoms. The summed E-state index contributed by atoms with van der Waals surface area (Å²) in [7, 11) is 2.04. The maximum atomic E-state index is 13.0. The van der Waals surface area contributed by atoms with Crippen LogP contribution in [0.5, 0.6) is 0 Å². The molecule has 1 aliphatic rings. The summed E-state index contributed by atoms with van der Waals surface area (Å²) in [5, 5.41) is 4.07. The van der Waals surface area contributed by atoms with Gasteiger partial charge in [0.25, 0.3) is 5.91 Å². The minimum atomic E-state index is 0.00473. The largest absolute Gasteiger partial charge is 0.359 e. The average molecular weight is 370 g/mol. The van der Waals surface area contributed by atoms with E-state index in [9.17, 15) is 4.79 Å². The number of carbonyl (C=O) groups is 1. The molecule has 146 valence electrons. The number of carbonyl (C=O) groups excluding carboxylic acids is 1. The van der Waals surface area contributed by atoms with Crippen molar-refractivity contribution >= 4 is 5.91 Å². The van der Waals surface area contributed by atoms with Crippen LogP contribution in [0, 0.1) is 0 Å². The van der Waals surface area contributed by atoms with Gasteiger partial charge < -0.3 is 9.42 Å². The smallest absolute Gasteiger partial charge is 0.276 e. The number of rotatable bonds is 7. The second kappa shape index (κ2) is 9.70. The van der Waals surface area contributed by atoms with Gasteiger partial charge in [0.05, 0.1) is 6.54 Å². The molecule has 0 atom stereocenters. The lowest BCUT2D eigenvalue weighted by Gasteiger charge is -2.29. The fourth-order valence-electron chi connectivity index (χ4n) is 3.99. The highest BCUT2D eigenvalue weighted by Gasteiger charge is 2.26. The monoisotopic (exact) mass is 369 g/mol. The third-order valence-corrected chi connectivity index (χ3v) is 5.37. The summed E-state index contributed by atoms with van der Waals surface area (Å²) in [6.07, 6.45) is 7.19. The first-order valence-corrected chi connectivity index (χ1v) is 10.2. The molecule has 0 radical (unpaired) electrons. The Bertz CT molecular complexity index is 705. The first-order chi connectivity index (χ1) is 13.2. The van der Waals surface area contributed by atoms with Crippen molar-refractivity contribution in [2.24, 2.45) is 0 Å². The lowest BCUT2D eigenvalue weighted by molar-refractivity contribution is 0.0662. The predicted molar refractivity (Wildman–Crippen MR) is 106 cm³/mol. The van der Waals surface area contributed by atoms with Crippen molar-refractivity contribution in [3.05, 3.63) is 53.4 Å². The van der Waals surface area contributed by atoms with Crippen LogP contribution in [0.2, 0.25) is 0 Å². The van der Waals surface area contributed by atoms with Crippen molar-refractivity contribution in [1.82, 2.24) is 15.0 Å². The molecule has 5 nitrogen and oxygen atoms in total. The summed E-state index contributed by atoms with van der Waals surface area (Å²) in [6, 6.07) is 12.5. The van der Waals surface area contributed by atoms with Crippen LogP contribution in [-0.4, -0.2) is 40.5 Å². The van der Waals surface area contributed by atoms with E-state index in [1.807, 2.05) is 36.2 Å². The molecule has 2 aromatic rings. The van der Waals surface area contributed by atoms with E-state index in [1.165, 1.54) is 31.2 Å². The molecular formula is C22H31N3O2. The molecule has 1 aromatic carbocycles. The van der Waals surface area contributed by atoms with Crippen molar-refractivity contribution in [2.45, 2.75) is 64.6 Å². The van der Waals surface area contributed by atoms with Crippen LogP contribution in [-0.2, 0) is 13.1 Å². The Morgan fingerprint density at radius 2 is 1.81 bits per heavy atom. The number of nitrogens with zero attached hydrogens (tertiary/aromatic N) is 3. The molecule has 0 N–H and O–H groups in total. The van der Waals surface area contributed by atoms with Crippen LogP contribution in [0.3, 0.4) is 0 Å². The molecular weight excluding hydrogens is 338 g/mol. The third kappa shape index (κ3) is 5.42. The van der Waals surface area contributed by atoms with E-state index in [4.69, 9.17) is 4.52 Å². The Labute approximate surface area is 162 Å². The molecule has 1 amide bonds. The zero-order valence-electron chi connectivity index (χ0n) is 16.6. The van der Waals surface area contributed by atoms with Gasteiger partial charge in [0.2, 0.25) is 0 Å². The van der Waals surface area contributed by atoms with E-state index in [0.29, 0.717) is 18.3 Å². The number of amides is 1. The summed E-state index contributed by atoms with van der Waals surface area (Å²) in [5.74, 6) is 0.735. The van der Waals surface area contributed by atoms with E-state index in [2.05, 4.69) is 29.1 Å². The molecule has 0 bridgehead atoms. The fourth-order valence-corrected chi connectivity index (χ4v) is 3.99. The van der Waals surface area contributed by atoms with Crippen molar-refractivity contribution in [2.75, 3.05) is 13.6 Å². The van der Waals surface area contributed by atoms with Gasteiger partial charge in [0.1, 0.15) is 0 Å². The Balaban J connectivity index is 1.60. The number of hydrogen-bond donors (Lipinski definition) is 0. The summed E-state index contributed by atoms with van der Waals surface area (Å²) in [6.45, 7) is 4.23.